The molecule has 2 amide bonds. The van der Waals surface area contributed by atoms with Crippen molar-refractivity contribution in [3.63, 3.8) is 0 Å². The highest BCUT2D eigenvalue weighted by Gasteiger charge is 2.58. The average molecular weight is 426 g/mol. The molecule has 2 bridgehead atoms. The van der Waals surface area contributed by atoms with E-state index in [0.717, 1.165) is 6.07 Å². The maximum Gasteiger partial charge on any atom is 0.471 e. The number of anilines is 1. The fourth-order valence-corrected chi connectivity index (χ4v) is 3.95. The van der Waals surface area contributed by atoms with E-state index in [2.05, 4.69) is 5.32 Å². The van der Waals surface area contributed by atoms with Crippen molar-refractivity contribution in [1.29, 1.82) is 0 Å². The lowest BCUT2D eigenvalue weighted by Gasteiger charge is -2.29. The number of fused-ring (bicyclic) bond motifs is 2. The van der Waals surface area contributed by atoms with E-state index in [0.29, 0.717) is 12.1 Å². The summed E-state index contributed by atoms with van der Waals surface area (Å²) in [6, 6.07) is 0.234. The van der Waals surface area contributed by atoms with Crippen LogP contribution in [0.1, 0.15) is 18.4 Å². The van der Waals surface area contributed by atoms with Crippen molar-refractivity contribution >= 4 is 23.3 Å². The summed E-state index contributed by atoms with van der Waals surface area (Å²) < 4.78 is 89.5. The molecule has 29 heavy (non-hydrogen) atoms. The Morgan fingerprint density at radius 1 is 1.00 bits per heavy atom. The molecule has 0 radical (unpaired) electrons. The van der Waals surface area contributed by atoms with Gasteiger partial charge < -0.3 is 10.6 Å². The van der Waals surface area contributed by atoms with E-state index in [-0.39, 0.29) is 12.8 Å². The topological polar surface area (TPSA) is 75.3 Å². The number of amides is 2. The van der Waals surface area contributed by atoms with E-state index in [1.165, 1.54) is 0 Å². The average Bonchev–Trinajstić information content (AvgIpc) is 3.07. The van der Waals surface area contributed by atoms with Crippen LogP contribution in [0.3, 0.4) is 0 Å². The Morgan fingerprint density at radius 3 is 2.21 bits per heavy atom. The van der Waals surface area contributed by atoms with Gasteiger partial charge in [0.25, 0.3) is 0 Å². The molecule has 0 aliphatic heterocycles. The maximum atomic E-state index is 13.4. The molecule has 5 nitrogen and oxygen atoms in total. The van der Waals surface area contributed by atoms with Gasteiger partial charge in [-0.1, -0.05) is 0 Å². The molecule has 1 aromatic rings. The first-order chi connectivity index (χ1) is 13.3. The predicted molar refractivity (Wildman–Crippen MR) is 82.7 cm³/mol. The van der Waals surface area contributed by atoms with Crippen LogP contribution in [-0.4, -0.2) is 29.8 Å². The summed E-state index contributed by atoms with van der Waals surface area (Å²) in [5, 5.41) is 3.74. The molecule has 158 valence electrons. The van der Waals surface area contributed by atoms with Gasteiger partial charge in [-0.3, -0.25) is 14.4 Å². The molecule has 3 rings (SSSR count). The van der Waals surface area contributed by atoms with Crippen molar-refractivity contribution in [2.45, 2.75) is 31.2 Å². The van der Waals surface area contributed by atoms with Crippen LogP contribution in [0.4, 0.5) is 36.4 Å². The number of carbonyl (C=O) groups is 3. The van der Waals surface area contributed by atoms with Crippen LogP contribution >= 0.6 is 0 Å². The van der Waals surface area contributed by atoms with Gasteiger partial charge in [0.1, 0.15) is 11.6 Å². The third kappa shape index (κ3) is 3.92. The third-order valence-electron chi connectivity index (χ3n) is 5.17. The number of benzene rings is 1. The summed E-state index contributed by atoms with van der Waals surface area (Å²) in [5.41, 5.74) is -2.08. The largest absolute Gasteiger partial charge is 0.471 e. The summed E-state index contributed by atoms with van der Waals surface area (Å²) in [7, 11) is 0. The lowest BCUT2D eigenvalue weighted by atomic mass is 9.83. The van der Waals surface area contributed by atoms with Gasteiger partial charge in [-0.05, 0) is 31.0 Å². The molecular formula is C17H13F7N2O3. The molecule has 0 aromatic heterocycles. The number of alkyl halides is 6. The normalized spacial score (nSPS) is 26.5. The summed E-state index contributed by atoms with van der Waals surface area (Å²) in [6.07, 6.45) is -9.87. The second kappa shape index (κ2) is 6.99. The van der Waals surface area contributed by atoms with Crippen LogP contribution in [0.15, 0.2) is 18.2 Å². The molecule has 12 heteroatoms. The number of hydrogen-bond donors (Lipinski definition) is 2. The molecule has 2 fully saturated rings. The first-order valence-corrected chi connectivity index (χ1v) is 8.39. The summed E-state index contributed by atoms with van der Waals surface area (Å²) >= 11 is 0. The summed E-state index contributed by atoms with van der Waals surface area (Å²) in [6.45, 7) is 0. The number of carbonyl (C=O) groups excluding carboxylic acids is 3. The third-order valence-corrected chi connectivity index (χ3v) is 5.17. The van der Waals surface area contributed by atoms with Gasteiger partial charge >= 0.3 is 18.3 Å². The summed E-state index contributed by atoms with van der Waals surface area (Å²) in [5.74, 6) is -8.72. The van der Waals surface area contributed by atoms with Crippen molar-refractivity contribution in [3.05, 3.63) is 29.6 Å². The zero-order valence-corrected chi connectivity index (χ0v) is 14.3. The summed E-state index contributed by atoms with van der Waals surface area (Å²) in [4.78, 5) is 36.0. The number of rotatable bonds is 3. The molecule has 4 unspecified atom stereocenters. The first-order valence-electron chi connectivity index (χ1n) is 8.39. The van der Waals surface area contributed by atoms with E-state index in [4.69, 9.17) is 0 Å². The highest BCUT2D eigenvalue weighted by Crippen LogP contribution is 2.46. The molecule has 2 saturated carbocycles. The van der Waals surface area contributed by atoms with Gasteiger partial charge in [0.2, 0.25) is 5.91 Å². The highest BCUT2D eigenvalue weighted by atomic mass is 19.4. The van der Waals surface area contributed by atoms with Crippen LogP contribution in [-0.2, 0) is 20.6 Å². The van der Waals surface area contributed by atoms with Crippen LogP contribution in [0, 0.1) is 23.6 Å². The van der Waals surface area contributed by atoms with Gasteiger partial charge in [0, 0.05) is 17.5 Å². The van der Waals surface area contributed by atoms with Gasteiger partial charge in [-0.25, -0.2) is 4.39 Å². The Kier molecular flexibility index (Phi) is 5.08. The smallest absolute Gasteiger partial charge is 0.344 e. The molecule has 0 saturated heterocycles. The Morgan fingerprint density at radius 2 is 1.62 bits per heavy atom. The molecule has 0 spiro atoms. The van der Waals surface area contributed by atoms with E-state index in [1.54, 1.807) is 5.32 Å². The second-order valence-electron chi connectivity index (χ2n) is 6.90. The van der Waals surface area contributed by atoms with Crippen molar-refractivity contribution in [2.24, 2.45) is 17.8 Å². The monoisotopic (exact) mass is 426 g/mol. The van der Waals surface area contributed by atoms with Gasteiger partial charge in [-0.15, -0.1) is 0 Å². The van der Waals surface area contributed by atoms with Gasteiger partial charge in [0.05, 0.1) is 17.5 Å². The zero-order chi connectivity index (χ0) is 21.7. The standard InChI is InChI=1S/C17H13F7N2O3/c18-10-4-1-6(5-9(10)16(19,20)21)25-14(28)11-7-2-3-8(13(7)27)12(11)26-15(29)17(22,23)24/h1,4-5,7-8,11-12H,2-3H2,(H,25,28)(H,26,29). The van der Waals surface area contributed by atoms with E-state index in [1.807, 2.05) is 0 Å². The lowest BCUT2D eigenvalue weighted by Crippen LogP contribution is -2.51. The van der Waals surface area contributed by atoms with Crippen molar-refractivity contribution in [3.8, 4) is 0 Å². The first kappa shape index (κ1) is 21.1. The minimum atomic E-state index is -5.23. The molecular weight excluding hydrogens is 413 g/mol. The minimum absolute atomic E-state index is 0.185. The fourth-order valence-electron chi connectivity index (χ4n) is 3.95. The van der Waals surface area contributed by atoms with Crippen LogP contribution in [0.25, 0.3) is 0 Å². The van der Waals surface area contributed by atoms with E-state index < -0.39 is 70.8 Å². The van der Waals surface area contributed by atoms with E-state index in [9.17, 15) is 45.1 Å². The second-order valence-corrected chi connectivity index (χ2v) is 6.90. The predicted octanol–water partition coefficient (Wildman–Crippen LogP) is 3.06. The highest BCUT2D eigenvalue weighted by molar-refractivity contribution is 6.02. The van der Waals surface area contributed by atoms with Crippen molar-refractivity contribution in [2.75, 3.05) is 5.32 Å². The number of ketones is 1. The number of Topliss-reactive ketones (excluding diaryl/α,β-unsaturated/α-hetero) is 1. The van der Waals surface area contributed by atoms with Crippen molar-refractivity contribution in [1.82, 2.24) is 5.32 Å². The van der Waals surface area contributed by atoms with Crippen LogP contribution in [0.5, 0.6) is 0 Å². The molecule has 2 aliphatic rings. The Hall–Kier alpha value is -2.66. The lowest BCUT2D eigenvalue weighted by molar-refractivity contribution is -0.175. The molecule has 2 aliphatic carbocycles. The maximum absolute atomic E-state index is 13.4. The molecule has 0 heterocycles. The molecule has 4 atom stereocenters. The quantitative estimate of drug-likeness (QED) is 0.730. The molecule has 1 aromatic carbocycles. The van der Waals surface area contributed by atoms with Gasteiger partial charge in [0.15, 0.2) is 0 Å². The Balaban J connectivity index is 1.84. The number of halogens is 7. The van der Waals surface area contributed by atoms with Gasteiger partial charge in [-0.2, -0.15) is 26.3 Å². The fraction of sp³-hybridized carbons (Fsp3) is 0.471. The Bertz CT molecular complexity index is 866. The Labute approximate surface area is 158 Å². The zero-order valence-electron chi connectivity index (χ0n) is 14.3. The minimum Gasteiger partial charge on any atom is -0.344 e. The number of nitrogens with one attached hydrogen (secondary N) is 2. The van der Waals surface area contributed by atoms with Crippen molar-refractivity contribution < 1.29 is 45.1 Å². The van der Waals surface area contributed by atoms with Crippen LogP contribution in [0.2, 0.25) is 0 Å². The van der Waals surface area contributed by atoms with Crippen LogP contribution < -0.4 is 10.6 Å². The number of hydrogen-bond acceptors (Lipinski definition) is 3. The van der Waals surface area contributed by atoms with E-state index >= 15 is 0 Å². The SMILES string of the molecule is O=C1C2CCC1C(C(=O)Nc1ccc(F)c(C(F)(F)F)c1)C2NC(=O)C(F)(F)F. The molecule has 2 N–H and O–H groups in total.